The van der Waals surface area contributed by atoms with Crippen LogP contribution in [0.15, 0.2) is 65.8 Å². The number of hydrogen-bond acceptors (Lipinski definition) is 4. The van der Waals surface area contributed by atoms with Crippen molar-refractivity contribution in [1.82, 2.24) is 4.98 Å². The summed E-state index contributed by atoms with van der Waals surface area (Å²) in [6, 6.07) is 12.0. The van der Waals surface area contributed by atoms with Gasteiger partial charge in [-0.15, -0.1) is 0 Å². The van der Waals surface area contributed by atoms with Crippen LogP contribution in [0.5, 0.6) is 0 Å². The van der Waals surface area contributed by atoms with Crippen molar-refractivity contribution in [2.75, 3.05) is 4.72 Å². The van der Waals surface area contributed by atoms with Crippen molar-refractivity contribution >= 4 is 28.9 Å². The fourth-order valence-corrected chi connectivity index (χ4v) is 3.90. The van der Waals surface area contributed by atoms with Crippen LogP contribution in [0, 0.1) is 23.5 Å². The molecule has 0 radical (unpaired) electrons. The SMILES string of the molecule is O=C1/C(=C\c2ccc(F)c(F)c2)[S+]([O-])Nc2ccc(C#CCc3cccnc3)cc21. The predicted octanol–water partition coefficient (Wildman–Crippen LogP) is 4.27. The molecule has 30 heavy (non-hydrogen) atoms. The van der Waals surface area contributed by atoms with Gasteiger partial charge in [-0.1, -0.05) is 24.0 Å². The fourth-order valence-electron chi connectivity index (χ4n) is 2.89. The third-order valence-corrected chi connectivity index (χ3v) is 5.49. The Morgan fingerprint density at radius 3 is 2.77 bits per heavy atom. The lowest BCUT2D eigenvalue weighted by atomic mass is 10.0. The molecule has 0 saturated carbocycles. The fraction of sp³-hybridized carbons (Fsp3) is 0.0435. The second-order valence-electron chi connectivity index (χ2n) is 6.48. The summed E-state index contributed by atoms with van der Waals surface area (Å²) in [5, 5.41) is 0. The number of allylic oxidation sites excluding steroid dienone is 1. The average Bonchev–Trinajstić information content (AvgIpc) is 2.75. The Labute approximate surface area is 175 Å². The van der Waals surface area contributed by atoms with Gasteiger partial charge in [0.05, 0.1) is 11.3 Å². The molecule has 0 amide bonds. The largest absolute Gasteiger partial charge is 0.588 e. The Morgan fingerprint density at radius 1 is 1.13 bits per heavy atom. The highest BCUT2D eigenvalue weighted by atomic mass is 32.2. The van der Waals surface area contributed by atoms with E-state index >= 15 is 0 Å². The van der Waals surface area contributed by atoms with E-state index in [1.807, 2.05) is 12.1 Å². The van der Waals surface area contributed by atoms with E-state index < -0.39 is 28.8 Å². The lowest BCUT2D eigenvalue weighted by Crippen LogP contribution is -2.27. The van der Waals surface area contributed by atoms with Crippen LogP contribution in [0.4, 0.5) is 14.5 Å². The van der Waals surface area contributed by atoms with Crippen LogP contribution < -0.4 is 4.72 Å². The molecule has 1 atom stereocenters. The number of nitrogens with zero attached hydrogens (tertiary/aromatic N) is 1. The number of aromatic nitrogens is 1. The van der Waals surface area contributed by atoms with E-state index in [2.05, 4.69) is 21.5 Å². The molecule has 1 aliphatic rings. The molecular formula is C23H14F2N2O2S. The Morgan fingerprint density at radius 2 is 2.00 bits per heavy atom. The molecule has 0 aliphatic carbocycles. The van der Waals surface area contributed by atoms with Gasteiger partial charge in [-0.25, -0.2) is 13.5 Å². The normalized spacial score (nSPS) is 16.4. The minimum atomic E-state index is -1.82. The zero-order valence-corrected chi connectivity index (χ0v) is 16.3. The Hall–Kier alpha value is -3.47. The van der Waals surface area contributed by atoms with Crippen LogP contribution in [0.2, 0.25) is 0 Å². The van der Waals surface area contributed by atoms with Gasteiger partial charge in [-0.05, 0) is 47.5 Å². The van der Waals surface area contributed by atoms with E-state index in [9.17, 15) is 18.1 Å². The minimum absolute atomic E-state index is 0.0472. The van der Waals surface area contributed by atoms with Crippen LogP contribution in [-0.4, -0.2) is 15.3 Å². The van der Waals surface area contributed by atoms with Gasteiger partial charge in [0.15, 0.2) is 11.6 Å². The van der Waals surface area contributed by atoms with Crippen molar-refractivity contribution in [3.63, 3.8) is 0 Å². The van der Waals surface area contributed by atoms with E-state index in [4.69, 9.17) is 0 Å². The summed E-state index contributed by atoms with van der Waals surface area (Å²) in [6.07, 6.45) is 5.23. The number of rotatable bonds is 2. The molecule has 1 N–H and O–H groups in total. The summed E-state index contributed by atoms with van der Waals surface area (Å²) < 4.78 is 41.8. The average molecular weight is 420 g/mol. The van der Waals surface area contributed by atoms with Gasteiger partial charge in [-0.3, -0.25) is 9.78 Å². The van der Waals surface area contributed by atoms with E-state index in [1.54, 1.807) is 30.6 Å². The molecule has 4 rings (SSSR count). The van der Waals surface area contributed by atoms with E-state index in [0.717, 1.165) is 17.7 Å². The second kappa shape index (κ2) is 8.49. The molecule has 1 aliphatic heterocycles. The molecule has 148 valence electrons. The van der Waals surface area contributed by atoms with Crippen LogP contribution in [0.3, 0.4) is 0 Å². The maximum absolute atomic E-state index is 13.5. The highest BCUT2D eigenvalue weighted by Gasteiger charge is 2.33. The molecule has 1 unspecified atom stereocenters. The zero-order chi connectivity index (χ0) is 21.1. The Bertz CT molecular complexity index is 1220. The van der Waals surface area contributed by atoms with Crippen molar-refractivity contribution < 1.29 is 18.1 Å². The standard InChI is InChI=1S/C23H14F2N2O2S/c24-19-8-6-17(12-20(19)25)13-22-23(28)18-11-15(7-9-21(18)27-30(22)29)3-1-4-16-5-2-10-26-14-16/h2,5-14,27H,4H2/b22-13+. The highest BCUT2D eigenvalue weighted by Crippen LogP contribution is 2.31. The molecule has 1 aromatic heterocycles. The molecule has 2 heterocycles. The number of halogens is 2. The lowest BCUT2D eigenvalue weighted by Gasteiger charge is -2.21. The number of fused-ring (bicyclic) bond motifs is 1. The van der Waals surface area contributed by atoms with Crippen LogP contribution >= 0.6 is 0 Å². The molecular weight excluding hydrogens is 406 g/mol. The molecule has 7 heteroatoms. The lowest BCUT2D eigenvalue weighted by molar-refractivity contribution is 0.104. The van der Waals surface area contributed by atoms with E-state index in [-0.39, 0.29) is 10.5 Å². The first kappa shape index (κ1) is 19.8. The number of pyridine rings is 1. The van der Waals surface area contributed by atoms with Gasteiger partial charge in [0, 0.05) is 30.5 Å². The molecule has 0 fully saturated rings. The second-order valence-corrected chi connectivity index (χ2v) is 7.66. The van der Waals surface area contributed by atoms with Crippen molar-refractivity contribution in [3.05, 3.63) is 99.7 Å². The number of anilines is 1. The maximum Gasteiger partial charge on any atom is 0.245 e. The van der Waals surface area contributed by atoms with Crippen molar-refractivity contribution in [1.29, 1.82) is 0 Å². The topological polar surface area (TPSA) is 65.0 Å². The summed E-state index contributed by atoms with van der Waals surface area (Å²) in [6.45, 7) is 0. The summed E-state index contributed by atoms with van der Waals surface area (Å²) in [5.41, 5.74) is 2.60. The quantitative estimate of drug-likeness (QED) is 0.382. The van der Waals surface area contributed by atoms with Crippen molar-refractivity contribution in [2.24, 2.45) is 0 Å². The van der Waals surface area contributed by atoms with Gasteiger partial charge in [0.1, 0.15) is 11.4 Å². The molecule has 0 saturated heterocycles. The first-order valence-electron chi connectivity index (χ1n) is 8.93. The number of nitrogens with one attached hydrogen (secondary N) is 1. The first-order chi connectivity index (χ1) is 14.5. The number of carbonyl (C=O) groups excluding carboxylic acids is 1. The van der Waals surface area contributed by atoms with Gasteiger partial charge in [0.2, 0.25) is 10.7 Å². The predicted molar refractivity (Wildman–Crippen MR) is 112 cm³/mol. The van der Waals surface area contributed by atoms with E-state index in [1.165, 1.54) is 12.1 Å². The van der Waals surface area contributed by atoms with Gasteiger partial charge >= 0.3 is 0 Å². The number of carbonyl (C=O) groups is 1. The Kier molecular flexibility index (Phi) is 5.61. The molecule has 4 nitrogen and oxygen atoms in total. The number of Topliss-reactive ketones (excluding diaryl/α,β-unsaturated/α-hetero) is 1. The van der Waals surface area contributed by atoms with Gasteiger partial charge in [0.25, 0.3) is 0 Å². The summed E-state index contributed by atoms with van der Waals surface area (Å²) in [5.74, 6) is 3.55. The summed E-state index contributed by atoms with van der Waals surface area (Å²) in [4.78, 5) is 16.9. The van der Waals surface area contributed by atoms with E-state index in [0.29, 0.717) is 23.2 Å². The molecule has 0 bridgehead atoms. The van der Waals surface area contributed by atoms with Gasteiger partial charge < -0.3 is 4.55 Å². The molecule has 2 aromatic carbocycles. The number of ketones is 1. The third kappa shape index (κ3) is 4.25. The summed E-state index contributed by atoms with van der Waals surface area (Å²) >= 11 is -1.82. The van der Waals surface area contributed by atoms with Crippen molar-refractivity contribution in [2.45, 2.75) is 6.42 Å². The number of benzene rings is 2. The molecule has 3 aromatic rings. The van der Waals surface area contributed by atoms with Crippen LogP contribution in [-0.2, 0) is 17.8 Å². The Balaban J connectivity index is 1.61. The van der Waals surface area contributed by atoms with Crippen LogP contribution in [0.1, 0.15) is 27.0 Å². The highest BCUT2D eigenvalue weighted by molar-refractivity contribution is 7.97. The monoisotopic (exact) mass is 420 g/mol. The number of hydrogen-bond donors (Lipinski definition) is 1. The van der Waals surface area contributed by atoms with Gasteiger partial charge in [-0.2, -0.15) is 0 Å². The van der Waals surface area contributed by atoms with Crippen molar-refractivity contribution in [3.8, 4) is 11.8 Å². The third-order valence-electron chi connectivity index (χ3n) is 4.38. The van der Waals surface area contributed by atoms with Crippen LogP contribution in [0.25, 0.3) is 6.08 Å². The first-order valence-corrected chi connectivity index (χ1v) is 10.1. The smallest absolute Gasteiger partial charge is 0.245 e. The minimum Gasteiger partial charge on any atom is -0.588 e. The zero-order valence-electron chi connectivity index (χ0n) is 15.5. The maximum atomic E-state index is 13.5. The molecule has 0 spiro atoms. The summed E-state index contributed by atoms with van der Waals surface area (Å²) in [7, 11) is 0.